The van der Waals surface area contributed by atoms with Crippen molar-refractivity contribution in [3.8, 4) is 17.2 Å². The highest BCUT2D eigenvalue weighted by Gasteiger charge is 2.09. The maximum atomic E-state index is 9.56. The van der Waals surface area contributed by atoms with Crippen molar-refractivity contribution < 1.29 is 14.3 Å². The van der Waals surface area contributed by atoms with Gasteiger partial charge in [0.2, 0.25) is 0 Å². The van der Waals surface area contributed by atoms with E-state index in [-0.39, 0.29) is 11.4 Å². The molecule has 1 heterocycles. The standard InChI is InChI=1S/C14H12N2O3/c1-18-11-5-2-9(3-6-11)16-12-8-10(17)4-7-13(12)19-14(16)15/h2-8,15,17H,1H3. The number of hydrogen-bond acceptors (Lipinski definition) is 4. The van der Waals surface area contributed by atoms with Crippen LogP contribution in [0.2, 0.25) is 0 Å². The number of nitrogens with zero attached hydrogens (tertiary/aromatic N) is 1. The van der Waals surface area contributed by atoms with E-state index in [2.05, 4.69) is 0 Å². The molecule has 1 aromatic heterocycles. The Kier molecular flexibility index (Phi) is 2.52. The summed E-state index contributed by atoms with van der Waals surface area (Å²) in [5.74, 6) is 0.877. The maximum Gasteiger partial charge on any atom is 0.299 e. The zero-order valence-corrected chi connectivity index (χ0v) is 10.3. The predicted molar refractivity (Wildman–Crippen MR) is 69.6 cm³/mol. The SMILES string of the molecule is COc1ccc(-n2c(=N)oc3ccc(O)cc32)cc1. The van der Waals surface area contributed by atoms with Crippen molar-refractivity contribution >= 4 is 11.1 Å². The molecule has 0 unspecified atom stereocenters. The Morgan fingerprint density at radius 1 is 1.16 bits per heavy atom. The van der Waals surface area contributed by atoms with Crippen molar-refractivity contribution in [2.24, 2.45) is 0 Å². The molecule has 3 rings (SSSR count). The van der Waals surface area contributed by atoms with Crippen LogP contribution in [0, 0.1) is 5.41 Å². The van der Waals surface area contributed by atoms with E-state index < -0.39 is 0 Å². The van der Waals surface area contributed by atoms with E-state index in [9.17, 15) is 5.11 Å². The fraction of sp³-hybridized carbons (Fsp3) is 0.0714. The third-order valence-electron chi connectivity index (χ3n) is 2.92. The van der Waals surface area contributed by atoms with E-state index in [0.717, 1.165) is 11.4 Å². The van der Waals surface area contributed by atoms with E-state index in [1.807, 2.05) is 24.3 Å². The molecule has 0 aliphatic carbocycles. The molecule has 0 saturated heterocycles. The predicted octanol–water partition coefficient (Wildman–Crippen LogP) is 2.42. The van der Waals surface area contributed by atoms with Gasteiger partial charge in [0.05, 0.1) is 18.3 Å². The quantitative estimate of drug-likeness (QED) is 0.739. The number of aromatic nitrogens is 1. The molecule has 0 fully saturated rings. The second kappa shape index (κ2) is 4.20. The van der Waals surface area contributed by atoms with Gasteiger partial charge in [0.25, 0.3) is 5.68 Å². The van der Waals surface area contributed by atoms with Gasteiger partial charge in [-0.05, 0) is 36.4 Å². The molecule has 2 aromatic carbocycles. The van der Waals surface area contributed by atoms with Crippen LogP contribution in [-0.2, 0) is 0 Å². The van der Waals surface area contributed by atoms with Gasteiger partial charge in [-0.1, -0.05) is 0 Å². The highest BCUT2D eigenvalue weighted by Crippen LogP contribution is 2.22. The normalized spacial score (nSPS) is 10.8. The highest BCUT2D eigenvalue weighted by molar-refractivity contribution is 5.76. The number of ether oxygens (including phenoxy) is 1. The Morgan fingerprint density at radius 3 is 2.58 bits per heavy atom. The summed E-state index contributed by atoms with van der Waals surface area (Å²) in [4.78, 5) is 0. The third kappa shape index (κ3) is 1.85. The minimum atomic E-state index is 0.00534. The van der Waals surface area contributed by atoms with Crippen molar-refractivity contribution in [2.75, 3.05) is 7.11 Å². The molecular weight excluding hydrogens is 244 g/mol. The van der Waals surface area contributed by atoms with Gasteiger partial charge in [0, 0.05) is 6.07 Å². The number of nitrogens with one attached hydrogen (secondary N) is 1. The number of methoxy groups -OCH3 is 1. The van der Waals surface area contributed by atoms with Gasteiger partial charge in [-0.25, -0.2) is 0 Å². The van der Waals surface area contributed by atoms with E-state index in [1.54, 1.807) is 23.8 Å². The van der Waals surface area contributed by atoms with Crippen LogP contribution in [0.5, 0.6) is 11.5 Å². The van der Waals surface area contributed by atoms with Crippen molar-refractivity contribution in [2.45, 2.75) is 0 Å². The van der Waals surface area contributed by atoms with Gasteiger partial charge in [0.1, 0.15) is 11.5 Å². The number of aromatic hydroxyl groups is 1. The average molecular weight is 256 g/mol. The van der Waals surface area contributed by atoms with Crippen molar-refractivity contribution in [3.63, 3.8) is 0 Å². The van der Waals surface area contributed by atoms with E-state index in [1.165, 1.54) is 6.07 Å². The lowest BCUT2D eigenvalue weighted by Gasteiger charge is -2.04. The second-order valence-electron chi connectivity index (χ2n) is 4.09. The highest BCUT2D eigenvalue weighted by atomic mass is 16.5. The minimum absolute atomic E-state index is 0.00534. The lowest BCUT2D eigenvalue weighted by molar-refractivity contribution is 0.414. The number of benzene rings is 2. The number of rotatable bonds is 2. The smallest absolute Gasteiger partial charge is 0.299 e. The number of phenols is 1. The third-order valence-corrected chi connectivity index (χ3v) is 2.92. The largest absolute Gasteiger partial charge is 0.508 e. The molecule has 0 radical (unpaired) electrons. The van der Waals surface area contributed by atoms with Crippen LogP contribution >= 0.6 is 0 Å². The number of oxazole rings is 1. The van der Waals surface area contributed by atoms with Crippen LogP contribution in [0.1, 0.15) is 0 Å². The van der Waals surface area contributed by atoms with Crippen LogP contribution in [0.25, 0.3) is 16.8 Å². The van der Waals surface area contributed by atoms with Crippen molar-refractivity contribution in [1.29, 1.82) is 5.41 Å². The first-order valence-corrected chi connectivity index (χ1v) is 5.72. The van der Waals surface area contributed by atoms with Gasteiger partial charge < -0.3 is 14.3 Å². The van der Waals surface area contributed by atoms with E-state index in [4.69, 9.17) is 14.6 Å². The number of hydrogen-bond donors (Lipinski definition) is 2. The van der Waals surface area contributed by atoms with Crippen LogP contribution in [0.3, 0.4) is 0 Å². The Bertz CT molecular complexity index is 785. The lowest BCUT2D eigenvalue weighted by atomic mass is 10.2. The molecule has 0 aliphatic rings. The molecule has 96 valence electrons. The van der Waals surface area contributed by atoms with Crippen LogP contribution in [0.15, 0.2) is 46.9 Å². The first kappa shape index (κ1) is 11.4. The lowest BCUT2D eigenvalue weighted by Crippen LogP contribution is -2.11. The van der Waals surface area contributed by atoms with Crippen LogP contribution in [0.4, 0.5) is 0 Å². The second-order valence-corrected chi connectivity index (χ2v) is 4.09. The molecule has 0 aliphatic heterocycles. The first-order chi connectivity index (χ1) is 9.19. The molecular formula is C14H12N2O3. The molecule has 0 amide bonds. The van der Waals surface area contributed by atoms with Crippen molar-refractivity contribution in [1.82, 2.24) is 4.57 Å². The van der Waals surface area contributed by atoms with Gasteiger partial charge >= 0.3 is 0 Å². The van der Waals surface area contributed by atoms with Gasteiger partial charge in [-0.3, -0.25) is 9.98 Å². The summed E-state index contributed by atoms with van der Waals surface area (Å²) >= 11 is 0. The molecule has 0 bridgehead atoms. The Morgan fingerprint density at radius 2 is 1.89 bits per heavy atom. The average Bonchev–Trinajstić information content (AvgIpc) is 2.74. The Hall–Kier alpha value is -2.69. The fourth-order valence-corrected chi connectivity index (χ4v) is 2.01. The molecule has 5 heteroatoms. The first-order valence-electron chi connectivity index (χ1n) is 5.72. The monoisotopic (exact) mass is 256 g/mol. The molecule has 2 N–H and O–H groups in total. The molecule has 3 aromatic rings. The summed E-state index contributed by atoms with van der Waals surface area (Å²) in [5.41, 5.74) is 1.98. The zero-order chi connectivity index (χ0) is 13.4. The summed E-state index contributed by atoms with van der Waals surface area (Å²) in [6, 6.07) is 12.0. The fourth-order valence-electron chi connectivity index (χ4n) is 2.01. The van der Waals surface area contributed by atoms with Gasteiger partial charge in [-0.15, -0.1) is 0 Å². The minimum Gasteiger partial charge on any atom is -0.508 e. The summed E-state index contributed by atoms with van der Waals surface area (Å²) in [5, 5.41) is 17.4. The van der Waals surface area contributed by atoms with Gasteiger partial charge in [0.15, 0.2) is 5.58 Å². The summed E-state index contributed by atoms with van der Waals surface area (Å²) in [6.07, 6.45) is 0. The molecule has 0 spiro atoms. The summed E-state index contributed by atoms with van der Waals surface area (Å²) in [7, 11) is 1.60. The van der Waals surface area contributed by atoms with E-state index in [0.29, 0.717) is 11.1 Å². The molecule has 19 heavy (non-hydrogen) atoms. The summed E-state index contributed by atoms with van der Waals surface area (Å²) < 4.78 is 12.1. The Labute approximate surface area is 108 Å². The Balaban J connectivity index is 2.25. The maximum absolute atomic E-state index is 9.56. The molecule has 0 atom stereocenters. The topological polar surface area (TPSA) is 71.4 Å². The zero-order valence-electron chi connectivity index (χ0n) is 10.3. The number of phenolic OH excluding ortho intramolecular Hbond substituents is 1. The molecule has 0 saturated carbocycles. The van der Waals surface area contributed by atoms with Crippen LogP contribution in [-0.4, -0.2) is 16.8 Å². The molecule has 5 nitrogen and oxygen atoms in total. The van der Waals surface area contributed by atoms with E-state index >= 15 is 0 Å². The summed E-state index contributed by atoms with van der Waals surface area (Å²) in [6.45, 7) is 0. The van der Waals surface area contributed by atoms with Crippen molar-refractivity contribution in [3.05, 3.63) is 48.1 Å². The number of fused-ring (bicyclic) bond motifs is 1. The van der Waals surface area contributed by atoms with Crippen LogP contribution < -0.4 is 10.4 Å². The van der Waals surface area contributed by atoms with Gasteiger partial charge in [-0.2, -0.15) is 0 Å².